The maximum absolute atomic E-state index is 13.2. The molecule has 2 aromatic heterocycles. The van der Waals surface area contributed by atoms with Crippen molar-refractivity contribution in [2.24, 2.45) is 0 Å². The fourth-order valence-electron chi connectivity index (χ4n) is 3.23. The Morgan fingerprint density at radius 2 is 1.84 bits per heavy atom. The van der Waals surface area contributed by atoms with E-state index >= 15 is 0 Å². The smallest absolute Gasteiger partial charge is 0.254 e. The molecule has 1 fully saturated rings. The number of hydrogen-bond acceptors (Lipinski definition) is 4. The van der Waals surface area contributed by atoms with Crippen LogP contribution in [0.2, 0.25) is 0 Å². The molecule has 0 bridgehead atoms. The molecule has 3 aromatic rings. The van der Waals surface area contributed by atoms with Crippen LogP contribution in [-0.2, 0) is 0 Å². The van der Waals surface area contributed by atoms with Crippen molar-refractivity contribution in [3.63, 3.8) is 0 Å². The fourth-order valence-corrected chi connectivity index (χ4v) is 3.23. The summed E-state index contributed by atoms with van der Waals surface area (Å²) in [6.45, 7) is 5.21. The molecule has 1 saturated heterocycles. The Hall–Kier alpha value is -2.66. The summed E-state index contributed by atoms with van der Waals surface area (Å²) in [5, 5.41) is 0.887. The van der Waals surface area contributed by atoms with Gasteiger partial charge in [-0.25, -0.2) is 4.98 Å². The number of furan rings is 1. The van der Waals surface area contributed by atoms with Gasteiger partial charge in [0.15, 0.2) is 5.76 Å². The summed E-state index contributed by atoms with van der Waals surface area (Å²) in [4.78, 5) is 22.0. The number of amides is 1. The first-order valence-corrected chi connectivity index (χ1v) is 8.56. The zero-order chi connectivity index (χ0) is 17.4. The maximum atomic E-state index is 13.2. The van der Waals surface area contributed by atoms with Crippen LogP contribution in [-0.4, -0.2) is 53.9 Å². The van der Waals surface area contributed by atoms with E-state index in [2.05, 4.69) is 16.9 Å². The summed E-state index contributed by atoms with van der Waals surface area (Å²) in [6.07, 6.45) is 0. The highest BCUT2D eigenvalue weighted by molar-refractivity contribution is 6.07. The quantitative estimate of drug-likeness (QED) is 0.722. The van der Waals surface area contributed by atoms with Gasteiger partial charge in [0.1, 0.15) is 11.5 Å². The van der Waals surface area contributed by atoms with Crippen molar-refractivity contribution < 1.29 is 9.21 Å². The lowest BCUT2D eigenvalue weighted by Crippen LogP contribution is -2.47. The van der Waals surface area contributed by atoms with Gasteiger partial charge in [0.25, 0.3) is 5.91 Å². The normalized spacial score (nSPS) is 15.7. The van der Waals surface area contributed by atoms with Gasteiger partial charge in [-0.3, -0.25) is 4.79 Å². The zero-order valence-corrected chi connectivity index (χ0v) is 14.5. The topological polar surface area (TPSA) is 49.6 Å². The van der Waals surface area contributed by atoms with Crippen molar-refractivity contribution in [2.75, 3.05) is 33.2 Å². The number of rotatable bonds is 2. The van der Waals surface area contributed by atoms with Gasteiger partial charge in [0, 0.05) is 31.6 Å². The first-order chi connectivity index (χ1) is 12.1. The van der Waals surface area contributed by atoms with Gasteiger partial charge in [0.2, 0.25) is 0 Å². The molecule has 1 amide bonds. The van der Waals surface area contributed by atoms with Crippen molar-refractivity contribution in [1.29, 1.82) is 0 Å². The molecule has 0 aliphatic carbocycles. The van der Waals surface area contributed by atoms with Crippen LogP contribution in [0.15, 0.2) is 46.9 Å². The van der Waals surface area contributed by atoms with E-state index in [1.165, 1.54) is 0 Å². The molecule has 4 rings (SSSR count). The van der Waals surface area contributed by atoms with E-state index in [-0.39, 0.29) is 5.91 Å². The van der Waals surface area contributed by atoms with Crippen LogP contribution in [0.1, 0.15) is 16.1 Å². The lowest BCUT2D eigenvalue weighted by atomic mass is 10.0. The van der Waals surface area contributed by atoms with Crippen molar-refractivity contribution in [3.8, 4) is 11.5 Å². The van der Waals surface area contributed by atoms with Gasteiger partial charge in [-0.05, 0) is 38.2 Å². The number of piperazine rings is 1. The minimum atomic E-state index is 0.0660. The Morgan fingerprint density at radius 3 is 2.56 bits per heavy atom. The number of aryl methyl sites for hydroxylation is 1. The third kappa shape index (κ3) is 3.03. The Kier molecular flexibility index (Phi) is 4.01. The van der Waals surface area contributed by atoms with Crippen molar-refractivity contribution in [1.82, 2.24) is 14.8 Å². The molecule has 5 nitrogen and oxygen atoms in total. The summed E-state index contributed by atoms with van der Waals surface area (Å²) in [7, 11) is 2.08. The minimum absolute atomic E-state index is 0.0660. The standard InChI is InChI=1S/C20H21N3O2/c1-14-7-8-19(25-14)18-13-16(15-5-3-4-6-17(15)21-18)20(24)23-11-9-22(2)10-12-23/h3-8,13H,9-12H2,1-2H3. The summed E-state index contributed by atoms with van der Waals surface area (Å²) in [6, 6.07) is 13.5. The number of benzene rings is 1. The first-order valence-electron chi connectivity index (χ1n) is 8.56. The van der Waals surface area contributed by atoms with Gasteiger partial charge >= 0.3 is 0 Å². The van der Waals surface area contributed by atoms with E-state index in [0.717, 1.165) is 42.8 Å². The molecule has 0 N–H and O–H groups in total. The molecule has 3 heterocycles. The third-order valence-corrected chi connectivity index (χ3v) is 4.73. The minimum Gasteiger partial charge on any atom is -0.460 e. The Bertz CT molecular complexity index is 924. The number of fused-ring (bicyclic) bond motifs is 1. The van der Waals surface area contributed by atoms with Crippen LogP contribution in [0.5, 0.6) is 0 Å². The van der Waals surface area contributed by atoms with Crippen LogP contribution >= 0.6 is 0 Å². The van der Waals surface area contributed by atoms with E-state index in [9.17, 15) is 4.79 Å². The highest BCUT2D eigenvalue weighted by atomic mass is 16.3. The lowest BCUT2D eigenvalue weighted by molar-refractivity contribution is 0.0666. The third-order valence-electron chi connectivity index (χ3n) is 4.73. The number of nitrogens with zero attached hydrogens (tertiary/aromatic N) is 3. The first kappa shape index (κ1) is 15.8. The second-order valence-corrected chi connectivity index (χ2v) is 6.58. The Labute approximate surface area is 146 Å². The van der Waals surface area contributed by atoms with Gasteiger partial charge in [-0.15, -0.1) is 0 Å². The van der Waals surface area contributed by atoms with Crippen LogP contribution in [0.25, 0.3) is 22.4 Å². The molecule has 1 aromatic carbocycles. The molecule has 0 unspecified atom stereocenters. The predicted octanol–water partition coefficient (Wildman–Crippen LogP) is 3.19. The largest absolute Gasteiger partial charge is 0.460 e. The molecule has 0 saturated carbocycles. The predicted molar refractivity (Wildman–Crippen MR) is 97.6 cm³/mol. The average molecular weight is 335 g/mol. The monoisotopic (exact) mass is 335 g/mol. The van der Waals surface area contributed by atoms with Crippen molar-refractivity contribution in [3.05, 3.63) is 53.8 Å². The van der Waals surface area contributed by atoms with Crippen molar-refractivity contribution >= 4 is 16.8 Å². The SMILES string of the molecule is Cc1ccc(-c2cc(C(=O)N3CCN(C)CC3)c3ccccc3n2)o1. The second kappa shape index (κ2) is 6.33. The summed E-state index contributed by atoms with van der Waals surface area (Å²) < 4.78 is 5.72. The summed E-state index contributed by atoms with van der Waals surface area (Å²) in [5.74, 6) is 1.59. The average Bonchev–Trinajstić information content (AvgIpc) is 3.07. The van der Waals surface area contributed by atoms with Gasteiger partial charge < -0.3 is 14.2 Å². The highest BCUT2D eigenvalue weighted by Crippen LogP contribution is 2.27. The molecule has 128 valence electrons. The molecule has 25 heavy (non-hydrogen) atoms. The van der Waals surface area contributed by atoms with Crippen LogP contribution < -0.4 is 0 Å². The van der Waals surface area contributed by atoms with E-state index in [0.29, 0.717) is 17.0 Å². The molecular formula is C20H21N3O2. The molecule has 0 radical (unpaired) electrons. The number of hydrogen-bond donors (Lipinski definition) is 0. The van der Waals surface area contributed by atoms with E-state index < -0.39 is 0 Å². The number of aromatic nitrogens is 1. The number of likely N-dealkylation sites (N-methyl/N-ethyl adjacent to an activating group) is 1. The molecule has 1 aliphatic heterocycles. The summed E-state index contributed by atoms with van der Waals surface area (Å²) >= 11 is 0. The van der Waals surface area contributed by atoms with E-state index in [1.807, 2.05) is 54.3 Å². The lowest BCUT2D eigenvalue weighted by Gasteiger charge is -2.32. The fraction of sp³-hybridized carbons (Fsp3) is 0.300. The van der Waals surface area contributed by atoms with E-state index in [1.54, 1.807) is 0 Å². The van der Waals surface area contributed by atoms with Gasteiger partial charge in [-0.1, -0.05) is 18.2 Å². The summed E-state index contributed by atoms with van der Waals surface area (Å²) in [5.41, 5.74) is 2.20. The molecule has 5 heteroatoms. The highest BCUT2D eigenvalue weighted by Gasteiger charge is 2.23. The number of para-hydroxylation sites is 1. The van der Waals surface area contributed by atoms with Gasteiger partial charge in [-0.2, -0.15) is 0 Å². The van der Waals surface area contributed by atoms with Crippen LogP contribution in [0.4, 0.5) is 0 Å². The van der Waals surface area contributed by atoms with Crippen LogP contribution in [0, 0.1) is 6.92 Å². The molecule has 0 atom stereocenters. The molecular weight excluding hydrogens is 314 g/mol. The molecule has 1 aliphatic rings. The second-order valence-electron chi connectivity index (χ2n) is 6.58. The number of carbonyl (C=O) groups excluding carboxylic acids is 1. The zero-order valence-electron chi connectivity index (χ0n) is 14.5. The van der Waals surface area contributed by atoms with Crippen LogP contribution in [0.3, 0.4) is 0 Å². The number of carbonyl (C=O) groups is 1. The van der Waals surface area contributed by atoms with Crippen molar-refractivity contribution in [2.45, 2.75) is 6.92 Å². The number of pyridine rings is 1. The van der Waals surface area contributed by atoms with Gasteiger partial charge in [0.05, 0.1) is 11.1 Å². The maximum Gasteiger partial charge on any atom is 0.254 e. The van der Waals surface area contributed by atoms with E-state index in [4.69, 9.17) is 4.42 Å². The Balaban J connectivity index is 1.80. The molecule has 0 spiro atoms. The Morgan fingerprint density at radius 1 is 1.08 bits per heavy atom.